The van der Waals surface area contributed by atoms with Gasteiger partial charge in [0.15, 0.2) is 0 Å². The molecule has 1 aliphatic carbocycles. The molecular formula is C13H20N4. The van der Waals surface area contributed by atoms with E-state index in [2.05, 4.69) is 18.5 Å². The standard InChI is InChI=1S/C13H20N4/c1-9(14)4-3-5-10(2)17-11-6-7-12(15)13(16)8-11/h6-8,10,15H,1,3-5,14,16H2,2H3. The molecule has 1 rings (SSSR count). The predicted molar refractivity (Wildman–Crippen MR) is 73.2 cm³/mol. The average Bonchev–Trinajstić information content (AvgIpc) is 2.23. The normalized spacial score (nSPS) is 19.2. The first kappa shape index (κ1) is 13.2. The van der Waals surface area contributed by atoms with Crippen LogP contribution in [0.1, 0.15) is 26.2 Å². The molecule has 17 heavy (non-hydrogen) atoms. The molecule has 92 valence electrons. The molecule has 0 bridgehead atoms. The van der Waals surface area contributed by atoms with E-state index in [1.165, 1.54) is 0 Å². The zero-order valence-electron chi connectivity index (χ0n) is 10.2. The van der Waals surface area contributed by atoms with Crippen LogP contribution in [0.4, 0.5) is 0 Å². The van der Waals surface area contributed by atoms with Crippen LogP contribution in [-0.4, -0.2) is 17.5 Å². The Balaban J connectivity index is 2.49. The fourth-order valence-corrected chi connectivity index (χ4v) is 1.57. The van der Waals surface area contributed by atoms with E-state index in [4.69, 9.17) is 16.9 Å². The molecule has 5 N–H and O–H groups in total. The summed E-state index contributed by atoms with van der Waals surface area (Å²) in [6.45, 7) is 5.73. The first-order valence-electron chi connectivity index (χ1n) is 5.74. The summed E-state index contributed by atoms with van der Waals surface area (Å²) in [6, 6.07) is 0.227. The molecule has 0 amide bonds. The van der Waals surface area contributed by atoms with Crippen LogP contribution in [0.5, 0.6) is 0 Å². The first-order valence-corrected chi connectivity index (χ1v) is 5.74. The number of nitrogens with two attached hydrogens (primary N) is 2. The van der Waals surface area contributed by atoms with Crippen LogP contribution in [0.25, 0.3) is 0 Å². The zero-order chi connectivity index (χ0) is 12.8. The van der Waals surface area contributed by atoms with Crippen LogP contribution in [-0.2, 0) is 0 Å². The molecule has 1 aliphatic rings. The average molecular weight is 232 g/mol. The van der Waals surface area contributed by atoms with Gasteiger partial charge in [-0.25, -0.2) is 0 Å². The van der Waals surface area contributed by atoms with Gasteiger partial charge in [-0.2, -0.15) is 0 Å². The van der Waals surface area contributed by atoms with Crippen molar-refractivity contribution in [1.29, 1.82) is 5.41 Å². The first-order chi connectivity index (χ1) is 7.99. The van der Waals surface area contributed by atoms with Gasteiger partial charge in [0.25, 0.3) is 0 Å². The van der Waals surface area contributed by atoms with Crippen LogP contribution in [0.2, 0.25) is 0 Å². The van der Waals surface area contributed by atoms with E-state index in [1.807, 2.05) is 6.08 Å². The van der Waals surface area contributed by atoms with Gasteiger partial charge in [-0.3, -0.25) is 10.4 Å². The maximum Gasteiger partial charge on any atom is 0.0770 e. The molecule has 0 radical (unpaired) electrons. The molecular weight excluding hydrogens is 212 g/mol. The summed E-state index contributed by atoms with van der Waals surface area (Å²) < 4.78 is 0. The van der Waals surface area contributed by atoms with Gasteiger partial charge < -0.3 is 11.5 Å². The van der Waals surface area contributed by atoms with Crippen LogP contribution < -0.4 is 11.5 Å². The number of rotatable bonds is 5. The van der Waals surface area contributed by atoms with E-state index in [1.54, 1.807) is 12.2 Å². The van der Waals surface area contributed by atoms with E-state index in [0.29, 0.717) is 11.4 Å². The molecule has 1 unspecified atom stereocenters. The molecule has 1 atom stereocenters. The van der Waals surface area contributed by atoms with Crippen LogP contribution >= 0.6 is 0 Å². The third kappa shape index (κ3) is 4.68. The Labute approximate surface area is 102 Å². The molecule has 0 aliphatic heterocycles. The maximum absolute atomic E-state index is 7.47. The van der Waals surface area contributed by atoms with Crippen molar-refractivity contribution in [2.24, 2.45) is 16.5 Å². The van der Waals surface area contributed by atoms with E-state index in [-0.39, 0.29) is 6.04 Å². The lowest BCUT2D eigenvalue weighted by Crippen LogP contribution is -2.15. The number of aliphatic imine (C=N–C) groups is 1. The van der Waals surface area contributed by atoms with E-state index < -0.39 is 0 Å². The van der Waals surface area contributed by atoms with Gasteiger partial charge in [-0.05, 0) is 44.4 Å². The molecule has 0 saturated heterocycles. The van der Waals surface area contributed by atoms with Gasteiger partial charge >= 0.3 is 0 Å². The van der Waals surface area contributed by atoms with Crippen LogP contribution in [0, 0.1) is 5.41 Å². The highest BCUT2D eigenvalue weighted by molar-refractivity contribution is 6.19. The van der Waals surface area contributed by atoms with Crippen molar-refractivity contribution in [3.8, 4) is 0 Å². The van der Waals surface area contributed by atoms with Gasteiger partial charge in [-0.1, -0.05) is 6.58 Å². The maximum atomic E-state index is 7.47. The Hall–Kier alpha value is -1.84. The number of hydrogen-bond acceptors (Lipinski definition) is 4. The highest BCUT2D eigenvalue weighted by atomic mass is 14.8. The van der Waals surface area contributed by atoms with E-state index >= 15 is 0 Å². The van der Waals surface area contributed by atoms with E-state index in [9.17, 15) is 0 Å². The summed E-state index contributed by atoms with van der Waals surface area (Å²) in [7, 11) is 0. The van der Waals surface area contributed by atoms with Gasteiger partial charge in [-0.15, -0.1) is 0 Å². The molecule has 0 aromatic carbocycles. The summed E-state index contributed by atoms with van der Waals surface area (Å²) in [5.74, 6) is 0. The Morgan fingerprint density at radius 1 is 1.53 bits per heavy atom. The van der Waals surface area contributed by atoms with E-state index in [0.717, 1.165) is 30.7 Å². The minimum Gasteiger partial charge on any atom is -0.403 e. The minimum absolute atomic E-state index is 0.227. The van der Waals surface area contributed by atoms with Crippen LogP contribution in [0.3, 0.4) is 0 Å². The number of hydrogen-bond donors (Lipinski definition) is 3. The van der Waals surface area contributed by atoms with Crippen molar-refractivity contribution in [3.63, 3.8) is 0 Å². The summed E-state index contributed by atoms with van der Waals surface area (Å²) in [5.41, 5.74) is 13.5. The van der Waals surface area contributed by atoms with Gasteiger partial charge in [0.05, 0.1) is 17.1 Å². The number of nitrogens with one attached hydrogen (secondary N) is 1. The van der Waals surface area contributed by atoms with Gasteiger partial charge in [0, 0.05) is 11.7 Å². The largest absolute Gasteiger partial charge is 0.403 e. The molecule has 0 heterocycles. The van der Waals surface area contributed by atoms with Crippen molar-refractivity contribution >= 4 is 11.4 Å². The topological polar surface area (TPSA) is 88.2 Å². The van der Waals surface area contributed by atoms with Crippen LogP contribution in [0.15, 0.2) is 41.2 Å². The van der Waals surface area contributed by atoms with Crippen molar-refractivity contribution in [3.05, 3.63) is 36.2 Å². The monoisotopic (exact) mass is 232 g/mol. The summed E-state index contributed by atoms with van der Waals surface area (Å²) in [5, 5.41) is 7.47. The summed E-state index contributed by atoms with van der Waals surface area (Å²) in [4.78, 5) is 4.52. The SMILES string of the molecule is C=C(N)CCCC(C)N=C1C=CC(=N)C(N)=C1. The second-order valence-corrected chi connectivity index (χ2v) is 4.30. The lowest BCUT2D eigenvalue weighted by molar-refractivity contribution is 0.624. The molecule has 0 aromatic rings. The third-order valence-corrected chi connectivity index (χ3v) is 2.52. The molecule has 0 fully saturated rings. The molecule has 0 aromatic heterocycles. The fourth-order valence-electron chi connectivity index (χ4n) is 1.57. The number of nitrogens with zero attached hydrogens (tertiary/aromatic N) is 1. The molecule has 4 nitrogen and oxygen atoms in total. The molecule has 0 spiro atoms. The highest BCUT2D eigenvalue weighted by Crippen LogP contribution is 2.09. The summed E-state index contributed by atoms with van der Waals surface area (Å²) >= 11 is 0. The second kappa shape index (κ2) is 6.03. The summed E-state index contributed by atoms with van der Waals surface area (Å²) in [6.07, 6.45) is 8.03. The van der Waals surface area contributed by atoms with Crippen molar-refractivity contribution in [2.45, 2.75) is 32.2 Å². The quantitative estimate of drug-likeness (QED) is 0.632. The smallest absolute Gasteiger partial charge is 0.0770 e. The van der Waals surface area contributed by atoms with Crippen molar-refractivity contribution in [2.75, 3.05) is 0 Å². The molecule has 0 saturated carbocycles. The third-order valence-electron chi connectivity index (χ3n) is 2.52. The Morgan fingerprint density at radius 2 is 2.24 bits per heavy atom. The highest BCUT2D eigenvalue weighted by Gasteiger charge is 2.06. The second-order valence-electron chi connectivity index (χ2n) is 4.30. The van der Waals surface area contributed by atoms with Gasteiger partial charge in [0.2, 0.25) is 0 Å². The zero-order valence-corrected chi connectivity index (χ0v) is 10.2. The Morgan fingerprint density at radius 3 is 2.82 bits per heavy atom. The molecule has 4 heteroatoms. The van der Waals surface area contributed by atoms with Gasteiger partial charge in [0.1, 0.15) is 0 Å². The predicted octanol–water partition coefficient (Wildman–Crippen LogP) is 1.89. The fraction of sp³-hybridized carbons (Fsp3) is 0.385. The lowest BCUT2D eigenvalue weighted by Gasteiger charge is -2.10. The van der Waals surface area contributed by atoms with Crippen molar-refractivity contribution < 1.29 is 0 Å². The Kier molecular flexibility index (Phi) is 4.69. The Bertz CT molecular complexity index is 402. The lowest BCUT2D eigenvalue weighted by atomic mass is 10.1. The van der Waals surface area contributed by atoms with Crippen molar-refractivity contribution in [1.82, 2.24) is 0 Å². The minimum atomic E-state index is 0.227. The number of allylic oxidation sites excluding steroid dienone is 4.